The molecule has 4 heteroatoms. The minimum absolute atomic E-state index is 0.302. The standard InChI is InChI=1S/C15H25ClN2O/c1-12(2)18(3)9-5-4-8-17-11-13-10-14(16)6-7-15(13)19/h6-7,10,12,17,19H,4-5,8-9,11H2,1-3H3. The number of phenols is 1. The number of nitrogens with one attached hydrogen (secondary N) is 1. The van der Waals surface area contributed by atoms with Crippen molar-refractivity contribution >= 4 is 11.6 Å². The Bertz CT molecular complexity index is 382. The Morgan fingerprint density at radius 3 is 2.74 bits per heavy atom. The normalized spacial score (nSPS) is 11.5. The van der Waals surface area contributed by atoms with E-state index in [1.165, 1.54) is 6.42 Å². The van der Waals surface area contributed by atoms with Crippen LogP contribution >= 0.6 is 11.6 Å². The summed E-state index contributed by atoms with van der Waals surface area (Å²) >= 11 is 5.90. The Morgan fingerprint density at radius 1 is 1.32 bits per heavy atom. The highest BCUT2D eigenvalue weighted by atomic mass is 35.5. The van der Waals surface area contributed by atoms with Gasteiger partial charge in [0.1, 0.15) is 5.75 Å². The summed E-state index contributed by atoms with van der Waals surface area (Å²) in [4.78, 5) is 2.35. The summed E-state index contributed by atoms with van der Waals surface area (Å²) in [6.45, 7) is 7.16. The summed E-state index contributed by atoms with van der Waals surface area (Å²) in [5, 5.41) is 13.7. The number of hydrogen-bond acceptors (Lipinski definition) is 3. The Labute approximate surface area is 121 Å². The lowest BCUT2D eigenvalue weighted by Gasteiger charge is -2.20. The molecule has 0 aromatic heterocycles. The first-order chi connectivity index (χ1) is 9.00. The van der Waals surface area contributed by atoms with Crippen LogP contribution in [0.2, 0.25) is 5.02 Å². The van der Waals surface area contributed by atoms with Gasteiger partial charge in [0.2, 0.25) is 0 Å². The fraction of sp³-hybridized carbons (Fsp3) is 0.600. The van der Waals surface area contributed by atoms with E-state index in [1.807, 2.05) is 0 Å². The van der Waals surface area contributed by atoms with Crippen LogP contribution < -0.4 is 5.32 Å². The van der Waals surface area contributed by atoms with Crippen LogP contribution in [0.25, 0.3) is 0 Å². The molecule has 0 saturated heterocycles. The van der Waals surface area contributed by atoms with Gasteiger partial charge < -0.3 is 15.3 Å². The number of halogens is 1. The molecule has 0 atom stereocenters. The average Bonchev–Trinajstić information content (AvgIpc) is 2.37. The molecule has 2 N–H and O–H groups in total. The van der Waals surface area contributed by atoms with Crippen molar-refractivity contribution < 1.29 is 5.11 Å². The minimum atomic E-state index is 0.302. The van der Waals surface area contributed by atoms with Crippen LogP contribution in [0.3, 0.4) is 0 Å². The van der Waals surface area contributed by atoms with Gasteiger partial charge in [-0.1, -0.05) is 11.6 Å². The number of nitrogens with zero attached hydrogens (tertiary/aromatic N) is 1. The first kappa shape index (κ1) is 16.3. The van der Waals surface area contributed by atoms with Gasteiger partial charge in [0, 0.05) is 23.2 Å². The molecular weight excluding hydrogens is 260 g/mol. The van der Waals surface area contributed by atoms with Crippen molar-refractivity contribution in [2.24, 2.45) is 0 Å². The quantitative estimate of drug-likeness (QED) is 0.719. The number of phenolic OH excluding ortho intramolecular Hbond substituents is 1. The summed E-state index contributed by atoms with van der Waals surface area (Å²) in [6, 6.07) is 5.74. The van der Waals surface area contributed by atoms with Crippen LogP contribution in [-0.4, -0.2) is 36.2 Å². The predicted octanol–water partition coefficient (Wildman–Crippen LogP) is 3.26. The van der Waals surface area contributed by atoms with E-state index in [1.54, 1.807) is 18.2 Å². The zero-order valence-electron chi connectivity index (χ0n) is 12.1. The predicted molar refractivity (Wildman–Crippen MR) is 81.8 cm³/mol. The molecule has 3 nitrogen and oxygen atoms in total. The summed E-state index contributed by atoms with van der Waals surface area (Å²) in [5.74, 6) is 0.302. The van der Waals surface area contributed by atoms with E-state index in [-0.39, 0.29) is 0 Å². The van der Waals surface area contributed by atoms with Crippen molar-refractivity contribution in [2.45, 2.75) is 39.3 Å². The monoisotopic (exact) mass is 284 g/mol. The van der Waals surface area contributed by atoms with Gasteiger partial charge in [-0.2, -0.15) is 0 Å². The van der Waals surface area contributed by atoms with Crippen molar-refractivity contribution in [1.29, 1.82) is 0 Å². The molecule has 0 radical (unpaired) electrons. The van der Waals surface area contributed by atoms with E-state index in [0.717, 1.165) is 25.1 Å². The second-order valence-corrected chi connectivity index (χ2v) is 5.67. The summed E-state index contributed by atoms with van der Waals surface area (Å²) in [5.41, 5.74) is 0.854. The third-order valence-corrected chi connectivity index (χ3v) is 3.59. The lowest BCUT2D eigenvalue weighted by molar-refractivity contribution is 0.268. The van der Waals surface area contributed by atoms with Gasteiger partial charge in [-0.05, 0) is 65.0 Å². The number of benzene rings is 1. The summed E-state index contributed by atoms with van der Waals surface area (Å²) < 4.78 is 0. The van der Waals surface area contributed by atoms with Crippen LogP contribution in [0.1, 0.15) is 32.3 Å². The van der Waals surface area contributed by atoms with Crippen LogP contribution in [0.4, 0.5) is 0 Å². The van der Waals surface area contributed by atoms with Crippen molar-refractivity contribution in [3.63, 3.8) is 0 Å². The molecule has 108 valence electrons. The molecule has 1 aromatic rings. The van der Waals surface area contributed by atoms with Crippen LogP contribution in [-0.2, 0) is 6.54 Å². The lowest BCUT2D eigenvalue weighted by Crippen LogP contribution is -2.27. The summed E-state index contributed by atoms with van der Waals surface area (Å²) in [6.07, 6.45) is 2.32. The van der Waals surface area contributed by atoms with Gasteiger partial charge >= 0.3 is 0 Å². The first-order valence-corrected chi connectivity index (χ1v) is 7.27. The Kier molecular flexibility index (Phi) is 7.21. The van der Waals surface area contributed by atoms with E-state index in [2.05, 4.69) is 31.1 Å². The Balaban J connectivity index is 2.16. The molecule has 0 heterocycles. The molecule has 0 amide bonds. The largest absolute Gasteiger partial charge is 0.508 e. The molecule has 1 rings (SSSR count). The molecule has 0 spiro atoms. The molecule has 0 saturated carbocycles. The minimum Gasteiger partial charge on any atom is -0.508 e. The van der Waals surface area contributed by atoms with Crippen molar-refractivity contribution in [1.82, 2.24) is 10.2 Å². The van der Waals surface area contributed by atoms with Gasteiger partial charge in [0.25, 0.3) is 0 Å². The number of rotatable bonds is 8. The smallest absolute Gasteiger partial charge is 0.120 e. The second kappa shape index (κ2) is 8.41. The fourth-order valence-electron chi connectivity index (χ4n) is 1.79. The molecule has 0 aliphatic carbocycles. The van der Waals surface area contributed by atoms with E-state index in [4.69, 9.17) is 11.6 Å². The van der Waals surface area contributed by atoms with E-state index in [9.17, 15) is 5.11 Å². The molecule has 0 bridgehead atoms. The van der Waals surface area contributed by atoms with Crippen LogP contribution in [0, 0.1) is 0 Å². The van der Waals surface area contributed by atoms with Crippen molar-refractivity contribution in [3.05, 3.63) is 28.8 Å². The molecular formula is C15H25ClN2O. The first-order valence-electron chi connectivity index (χ1n) is 6.89. The van der Waals surface area contributed by atoms with Crippen LogP contribution in [0.5, 0.6) is 5.75 Å². The van der Waals surface area contributed by atoms with Crippen LogP contribution in [0.15, 0.2) is 18.2 Å². The maximum absolute atomic E-state index is 9.67. The van der Waals surface area contributed by atoms with Gasteiger partial charge in [-0.25, -0.2) is 0 Å². The van der Waals surface area contributed by atoms with Gasteiger partial charge in [-0.15, -0.1) is 0 Å². The lowest BCUT2D eigenvalue weighted by atomic mass is 10.2. The third-order valence-electron chi connectivity index (χ3n) is 3.35. The van der Waals surface area contributed by atoms with E-state index < -0.39 is 0 Å². The van der Waals surface area contributed by atoms with E-state index >= 15 is 0 Å². The van der Waals surface area contributed by atoms with E-state index in [0.29, 0.717) is 23.4 Å². The van der Waals surface area contributed by atoms with Gasteiger partial charge in [0.15, 0.2) is 0 Å². The zero-order valence-corrected chi connectivity index (χ0v) is 12.9. The SMILES string of the molecule is CC(C)N(C)CCCCNCc1cc(Cl)ccc1O. The van der Waals surface area contributed by atoms with Crippen molar-refractivity contribution in [2.75, 3.05) is 20.1 Å². The molecule has 0 aliphatic heterocycles. The highest BCUT2D eigenvalue weighted by Gasteiger charge is 2.03. The second-order valence-electron chi connectivity index (χ2n) is 5.23. The van der Waals surface area contributed by atoms with Crippen molar-refractivity contribution in [3.8, 4) is 5.75 Å². The van der Waals surface area contributed by atoms with Gasteiger partial charge in [-0.3, -0.25) is 0 Å². The third kappa shape index (κ3) is 6.28. The maximum Gasteiger partial charge on any atom is 0.120 e. The zero-order chi connectivity index (χ0) is 14.3. The molecule has 1 aromatic carbocycles. The molecule has 0 fully saturated rings. The molecule has 19 heavy (non-hydrogen) atoms. The Morgan fingerprint density at radius 2 is 2.05 bits per heavy atom. The average molecular weight is 285 g/mol. The highest BCUT2D eigenvalue weighted by Crippen LogP contribution is 2.20. The maximum atomic E-state index is 9.67. The number of hydrogen-bond donors (Lipinski definition) is 2. The highest BCUT2D eigenvalue weighted by molar-refractivity contribution is 6.30. The molecule has 0 aliphatic rings. The molecule has 0 unspecified atom stereocenters. The summed E-state index contributed by atoms with van der Waals surface area (Å²) in [7, 11) is 2.15. The fourth-order valence-corrected chi connectivity index (χ4v) is 1.98. The van der Waals surface area contributed by atoms with Gasteiger partial charge in [0.05, 0.1) is 0 Å². The topological polar surface area (TPSA) is 35.5 Å². The Hall–Kier alpha value is -0.770. The number of unbranched alkanes of at least 4 members (excludes halogenated alkanes) is 1. The number of aromatic hydroxyl groups is 1.